The number of carbonyl (C=O) groups excluding carboxylic acids is 3. The number of carbonyl (C=O) groups is 3. The molecular weight excluding hydrogens is 364 g/mol. The average molecular weight is 383 g/mol. The molecule has 0 radical (unpaired) electrons. The first-order valence-electron chi connectivity index (χ1n) is 8.18. The summed E-state index contributed by atoms with van der Waals surface area (Å²) in [6.07, 6.45) is 0.454. The number of benzene rings is 1. The van der Waals surface area contributed by atoms with Crippen molar-refractivity contribution < 1.29 is 28.6 Å². The second-order valence-corrected chi connectivity index (χ2v) is 6.55. The van der Waals surface area contributed by atoms with E-state index in [1.165, 1.54) is 4.90 Å². The van der Waals surface area contributed by atoms with Gasteiger partial charge in [0.1, 0.15) is 18.9 Å². The molecule has 8 nitrogen and oxygen atoms in total. The molecule has 140 valence electrons. The van der Waals surface area contributed by atoms with E-state index in [-0.39, 0.29) is 44.8 Å². The van der Waals surface area contributed by atoms with Gasteiger partial charge in [-0.05, 0) is 18.6 Å². The Morgan fingerprint density at radius 2 is 2.15 bits per heavy atom. The standard InChI is InChI=1S/C17H19ClN2O6/c1-19-7-14(21)20(17(19)23)4-2-3-15(22)25-9-12-6-13(18)5-11-8-24-10-26-16(11)12/h5-6H,2-4,7-10H2,1H3. The lowest BCUT2D eigenvalue weighted by Crippen LogP contribution is -2.32. The summed E-state index contributed by atoms with van der Waals surface area (Å²) in [7, 11) is 1.56. The van der Waals surface area contributed by atoms with E-state index in [9.17, 15) is 14.4 Å². The Balaban J connectivity index is 1.48. The molecular formula is C17H19ClN2O6. The van der Waals surface area contributed by atoms with Crippen LogP contribution >= 0.6 is 11.6 Å². The molecule has 2 aliphatic heterocycles. The number of halogens is 1. The van der Waals surface area contributed by atoms with Crippen LogP contribution in [0.5, 0.6) is 5.75 Å². The molecule has 3 rings (SSSR count). The van der Waals surface area contributed by atoms with Gasteiger partial charge in [-0.25, -0.2) is 4.79 Å². The summed E-state index contributed by atoms with van der Waals surface area (Å²) in [5, 5.41) is 0.513. The van der Waals surface area contributed by atoms with Crippen molar-refractivity contribution in [2.24, 2.45) is 0 Å². The van der Waals surface area contributed by atoms with Gasteiger partial charge in [-0.3, -0.25) is 14.5 Å². The van der Waals surface area contributed by atoms with Gasteiger partial charge in [0.15, 0.2) is 6.79 Å². The van der Waals surface area contributed by atoms with E-state index in [1.54, 1.807) is 19.2 Å². The highest BCUT2D eigenvalue weighted by Gasteiger charge is 2.32. The Labute approximate surface area is 155 Å². The Morgan fingerprint density at radius 3 is 2.88 bits per heavy atom. The normalized spacial score (nSPS) is 16.5. The summed E-state index contributed by atoms with van der Waals surface area (Å²) in [5.74, 6) is -0.0428. The molecule has 0 aromatic heterocycles. The van der Waals surface area contributed by atoms with E-state index >= 15 is 0 Å². The van der Waals surface area contributed by atoms with Gasteiger partial charge in [-0.15, -0.1) is 0 Å². The van der Waals surface area contributed by atoms with Crippen molar-refractivity contribution in [1.82, 2.24) is 9.80 Å². The van der Waals surface area contributed by atoms with Crippen molar-refractivity contribution in [2.45, 2.75) is 26.1 Å². The molecule has 26 heavy (non-hydrogen) atoms. The lowest BCUT2D eigenvalue weighted by Gasteiger charge is -2.21. The molecule has 1 aromatic rings. The topological polar surface area (TPSA) is 85.4 Å². The minimum atomic E-state index is -0.418. The van der Waals surface area contributed by atoms with Crippen LogP contribution in [-0.4, -0.2) is 54.6 Å². The summed E-state index contributed by atoms with van der Waals surface area (Å²) in [5.41, 5.74) is 1.49. The zero-order chi connectivity index (χ0) is 18.7. The summed E-state index contributed by atoms with van der Waals surface area (Å²) in [6.45, 7) is 0.841. The molecule has 9 heteroatoms. The van der Waals surface area contributed by atoms with Crippen LogP contribution in [0, 0.1) is 0 Å². The second kappa shape index (κ2) is 7.92. The molecule has 0 spiro atoms. The first kappa shape index (κ1) is 18.5. The highest BCUT2D eigenvalue weighted by Crippen LogP contribution is 2.32. The van der Waals surface area contributed by atoms with Crippen LogP contribution in [0.4, 0.5) is 4.79 Å². The van der Waals surface area contributed by atoms with Gasteiger partial charge in [0, 0.05) is 36.2 Å². The summed E-state index contributed by atoms with van der Waals surface area (Å²) in [4.78, 5) is 37.8. The number of esters is 1. The van der Waals surface area contributed by atoms with Crippen molar-refractivity contribution in [3.05, 3.63) is 28.3 Å². The third-order valence-corrected chi connectivity index (χ3v) is 4.35. The SMILES string of the molecule is CN1CC(=O)N(CCCC(=O)OCc2cc(Cl)cc3c2OCOC3)C1=O. The zero-order valence-electron chi connectivity index (χ0n) is 14.3. The number of urea groups is 1. The number of likely N-dealkylation sites (N-methyl/N-ethyl adjacent to an activating group) is 1. The lowest BCUT2D eigenvalue weighted by molar-refractivity contribution is -0.145. The summed E-state index contributed by atoms with van der Waals surface area (Å²) < 4.78 is 15.9. The number of imide groups is 1. The largest absolute Gasteiger partial charge is 0.467 e. The molecule has 1 fully saturated rings. The van der Waals surface area contributed by atoms with Gasteiger partial charge in [-0.2, -0.15) is 0 Å². The third kappa shape index (κ3) is 4.08. The molecule has 0 unspecified atom stereocenters. The fraction of sp³-hybridized carbons (Fsp3) is 0.471. The number of nitrogens with zero attached hydrogens (tertiary/aromatic N) is 2. The first-order chi connectivity index (χ1) is 12.5. The van der Waals surface area contributed by atoms with Crippen LogP contribution in [0.3, 0.4) is 0 Å². The molecule has 0 bridgehead atoms. The van der Waals surface area contributed by atoms with Crippen LogP contribution in [0.2, 0.25) is 5.02 Å². The molecule has 2 aliphatic rings. The van der Waals surface area contributed by atoms with E-state index in [4.69, 9.17) is 25.8 Å². The smallest absolute Gasteiger partial charge is 0.326 e. The van der Waals surface area contributed by atoms with Crippen LogP contribution in [0.25, 0.3) is 0 Å². The van der Waals surface area contributed by atoms with Crippen molar-refractivity contribution in [3.63, 3.8) is 0 Å². The second-order valence-electron chi connectivity index (χ2n) is 6.11. The number of hydrogen-bond donors (Lipinski definition) is 0. The Morgan fingerprint density at radius 1 is 1.35 bits per heavy atom. The number of ether oxygens (including phenoxy) is 3. The first-order valence-corrected chi connectivity index (χ1v) is 8.56. The average Bonchev–Trinajstić information content (AvgIpc) is 2.85. The minimum absolute atomic E-state index is 0.0338. The van der Waals surface area contributed by atoms with Gasteiger partial charge < -0.3 is 19.1 Å². The van der Waals surface area contributed by atoms with Gasteiger partial charge in [0.05, 0.1) is 6.61 Å². The number of fused-ring (bicyclic) bond motifs is 1. The van der Waals surface area contributed by atoms with Crippen molar-refractivity contribution in [3.8, 4) is 5.75 Å². The quantitative estimate of drug-likeness (QED) is 0.552. The van der Waals surface area contributed by atoms with Crippen molar-refractivity contribution in [2.75, 3.05) is 26.9 Å². The monoisotopic (exact) mass is 382 g/mol. The number of rotatable bonds is 6. The van der Waals surface area contributed by atoms with E-state index in [1.807, 2.05) is 0 Å². The Hall–Kier alpha value is -2.32. The van der Waals surface area contributed by atoms with Gasteiger partial charge in [-0.1, -0.05) is 11.6 Å². The van der Waals surface area contributed by atoms with Gasteiger partial charge >= 0.3 is 12.0 Å². The van der Waals surface area contributed by atoms with E-state index < -0.39 is 5.97 Å². The van der Waals surface area contributed by atoms with E-state index in [0.29, 0.717) is 29.4 Å². The van der Waals surface area contributed by atoms with Crippen LogP contribution < -0.4 is 4.74 Å². The zero-order valence-corrected chi connectivity index (χ0v) is 15.1. The fourth-order valence-electron chi connectivity index (χ4n) is 2.86. The Kier molecular flexibility index (Phi) is 5.63. The molecule has 1 saturated heterocycles. The Bertz CT molecular complexity index is 738. The third-order valence-electron chi connectivity index (χ3n) is 4.13. The van der Waals surface area contributed by atoms with Crippen molar-refractivity contribution >= 4 is 29.5 Å². The molecule has 3 amide bonds. The van der Waals surface area contributed by atoms with E-state index in [2.05, 4.69) is 0 Å². The molecule has 0 N–H and O–H groups in total. The number of amides is 3. The van der Waals surface area contributed by atoms with E-state index in [0.717, 1.165) is 10.5 Å². The fourth-order valence-corrected chi connectivity index (χ4v) is 3.13. The highest BCUT2D eigenvalue weighted by molar-refractivity contribution is 6.30. The highest BCUT2D eigenvalue weighted by atomic mass is 35.5. The number of hydrogen-bond acceptors (Lipinski definition) is 6. The molecule has 0 atom stereocenters. The molecule has 1 aromatic carbocycles. The maximum atomic E-state index is 12.0. The van der Waals surface area contributed by atoms with Crippen LogP contribution in [-0.2, 0) is 32.3 Å². The summed E-state index contributed by atoms with van der Waals surface area (Å²) in [6, 6.07) is 3.10. The lowest BCUT2D eigenvalue weighted by atomic mass is 10.1. The summed E-state index contributed by atoms with van der Waals surface area (Å²) >= 11 is 6.07. The molecule has 0 saturated carbocycles. The maximum absolute atomic E-state index is 12.0. The van der Waals surface area contributed by atoms with Crippen LogP contribution in [0.1, 0.15) is 24.0 Å². The molecule has 2 heterocycles. The maximum Gasteiger partial charge on any atom is 0.326 e. The van der Waals surface area contributed by atoms with Crippen LogP contribution in [0.15, 0.2) is 12.1 Å². The predicted octanol–water partition coefficient (Wildman–Crippen LogP) is 1.92. The van der Waals surface area contributed by atoms with Crippen molar-refractivity contribution in [1.29, 1.82) is 0 Å². The predicted molar refractivity (Wildman–Crippen MR) is 90.5 cm³/mol. The molecule has 0 aliphatic carbocycles. The van der Waals surface area contributed by atoms with Gasteiger partial charge in [0.2, 0.25) is 5.91 Å². The minimum Gasteiger partial charge on any atom is -0.467 e. The van der Waals surface area contributed by atoms with Gasteiger partial charge in [0.25, 0.3) is 0 Å².